The van der Waals surface area contributed by atoms with Crippen LogP contribution in [0.5, 0.6) is 0 Å². The molecule has 0 heterocycles. The van der Waals surface area contributed by atoms with Gasteiger partial charge in [-0.1, -0.05) is 24.3 Å². The van der Waals surface area contributed by atoms with Crippen LogP contribution >= 0.6 is 0 Å². The first-order valence-electron chi connectivity index (χ1n) is 3.62. The van der Waals surface area contributed by atoms with Crippen molar-refractivity contribution in [2.24, 2.45) is 5.73 Å². The summed E-state index contributed by atoms with van der Waals surface area (Å²) in [4.78, 5) is 0. The summed E-state index contributed by atoms with van der Waals surface area (Å²) in [6.07, 6.45) is 0. The van der Waals surface area contributed by atoms with E-state index in [4.69, 9.17) is 5.73 Å². The third-order valence-electron chi connectivity index (χ3n) is 1.75. The Morgan fingerprint density at radius 3 is 2.64 bits per heavy atom. The molecule has 0 unspecified atom stereocenters. The largest absolute Gasteiger partial charge is 0.322 e. The van der Waals surface area contributed by atoms with E-state index in [9.17, 15) is 4.39 Å². The van der Waals surface area contributed by atoms with Gasteiger partial charge in [0, 0.05) is 0 Å². The first-order valence-corrected chi connectivity index (χ1v) is 3.62. The molecular weight excluding hydrogens is 141 g/mol. The molecule has 1 atom stereocenters. The van der Waals surface area contributed by atoms with Crippen molar-refractivity contribution < 1.29 is 4.39 Å². The molecule has 1 nitrogen and oxygen atoms in total. The fourth-order valence-corrected chi connectivity index (χ4v) is 1.09. The molecule has 2 N–H and O–H groups in total. The highest BCUT2D eigenvalue weighted by Crippen LogP contribution is 2.14. The normalized spacial score (nSPS) is 13.0. The van der Waals surface area contributed by atoms with Gasteiger partial charge in [0.1, 0.15) is 6.67 Å². The molecule has 1 aromatic rings. The van der Waals surface area contributed by atoms with Gasteiger partial charge < -0.3 is 5.73 Å². The van der Waals surface area contributed by atoms with Crippen molar-refractivity contribution in [2.45, 2.75) is 13.0 Å². The molecule has 0 fully saturated rings. The van der Waals surface area contributed by atoms with E-state index in [1.807, 2.05) is 31.2 Å². The molecule has 0 aliphatic rings. The zero-order valence-electron chi connectivity index (χ0n) is 6.55. The van der Waals surface area contributed by atoms with Crippen LogP contribution in [0.25, 0.3) is 0 Å². The monoisotopic (exact) mass is 153 g/mol. The second-order valence-corrected chi connectivity index (χ2v) is 2.62. The molecule has 0 bridgehead atoms. The Labute approximate surface area is 66.0 Å². The van der Waals surface area contributed by atoms with Crippen molar-refractivity contribution in [3.8, 4) is 0 Å². The summed E-state index contributed by atoms with van der Waals surface area (Å²) in [5.74, 6) is 0. The van der Waals surface area contributed by atoms with Crippen LogP contribution in [-0.2, 0) is 0 Å². The van der Waals surface area contributed by atoms with Gasteiger partial charge in [0.2, 0.25) is 0 Å². The van der Waals surface area contributed by atoms with E-state index in [1.165, 1.54) is 0 Å². The number of alkyl halides is 1. The average molecular weight is 153 g/mol. The molecule has 0 saturated carbocycles. The van der Waals surface area contributed by atoms with E-state index >= 15 is 0 Å². The number of nitrogens with two attached hydrogens (primary N) is 1. The van der Waals surface area contributed by atoms with Crippen molar-refractivity contribution in [3.63, 3.8) is 0 Å². The molecule has 0 saturated heterocycles. The first-order chi connectivity index (χ1) is 5.25. The minimum Gasteiger partial charge on any atom is -0.322 e. The van der Waals surface area contributed by atoms with Crippen LogP contribution < -0.4 is 5.73 Å². The maximum atomic E-state index is 12.1. The van der Waals surface area contributed by atoms with E-state index < -0.39 is 12.7 Å². The van der Waals surface area contributed by atoms with Crippen LogP contribution in [0.2, 0.25) is 0 Å². The molecule has 2 heteroatoms. The van der Waals surface area contributed by atoms with E-state index in [2.05, 4.69) is 0 Å². The third-order valence-corrected chi connectivity index (χ3v) is 1.75. The van der Waals surface area contributed by atoms with Gasteiger partial charge in [-0.05, 0) is 18.1 Å². The van der Waals surface area contributed by atoms with Crippen molar-refractivity contribution >= 4 is 0 Å². The zero-order chi connectivity index (χ0) is 8.27. The Kier molecular flexibility index (Phi) is 2.60. The molecule has 0 radical (unpaired) electrons. The number of benzene rings is 1. The predicted octanol–water partition coefficient (Wildman–Crippen LogP) is 1.96. The molecule has 0 aromatic heterocycles. The van der Waals surface area contributed by atoms with Crippen LogP contribution in [0, 0.1) is 6.92 Å². The second-order valence-electron chi connectivity index (χ2n) is 2.62. The number of hydrogen-bond acceptors (Lipinski definition) is 1. The summed E-state index contributed by atoms with van der Waals surface area (Å²) >= 11 is 0. The molecule has 0 spiro atoms. The Balaban J connectivity index is 2.93. The molecule has 0 aliphatic heterocycles. The Bertz CT molecular complexity index is 235. The number of hydrogen-bond donors (Lipinski definition) is 1. The van der Waals surface area contributed by atoms with E-state index in [-0.39, 0.29) is 0 Å². The number of aryl methyl sites for hydroxylation is 1. The van der Waals surface area contributed by atoms with Crippen LogP contribution in [0.3, 0.4) is 0 Å². The van der Waals surface area contributed by atoms with Gasteiger partial charge in [0.05, 0.1) is 6.04 Å². The number of halogens is 1. The summed E-state index contributed by atoms with van der Waals surface area (Å²) in [6.45, 7) is 1.44. The topological polar surface area (TPSA) is 26.0 Å². The summed E-state index contributed by atoms with van der Waals surface area (Å²) in [6, 6.07) is 7.13. The van der Waals surface area contributed by atoms with Gasteiger partial charge in [-0.15, -0.1) is 0 Å². The van der Waals surface area contributed by atoms with E-state index in [0.29, 0.717) is 0 Å². The lowest BCUT2D eigenvalue weighted by Crippen LogP contribution is -2.13. The lowest BCUT2D eigenvalue weighted by molar-refractivity contribution is 0.436. The summed E-state index contributed by atoms with van der Waals surface area (Å²) in [5.41, 5.74) is 7.47. The maximum absolute atomic E-state index is 12.1. The Morgan fingerprint density at radius 2 is 2.09 bits per heavy atom. The van der Waals surface area contributed by atoms with Crippen molar-refractivity contribution in [2.75, 3.05) is 6.67 Å². The van der Waals surface area contributed by atoms with Crippen molar-refractivity contribution in [1.82, 2.24) is 0 Å². The molecule has 0 aliphatic carbocycles. The number of rotatable bonds is 2. The molecule has 1 aromatic carbocycles. The van der Waals surface area contributed by atoms with Gasteiger partial charge in [-0.25, -0.2) is 4.39 Å². The Morgan fingerprint density at radius 1 is 1.45 bits per heavy atom. The average Bonchev–Trinajstić information content (AvgIpc) is 2.04. The Hall–Kier alpha value is -0.890. The minimum atomic E-state index is -0.495. The zero-order valence-corrected chi connectivity index (χ0v) is 6.55. The molecule has 60 valence electrons. The molecule has 1 rings (SSSR count). The highest BCUT2D eigenvalue weighted by atomic mass is 19.1. The fourth-order valence-electron chi connectivity index (χ4n) is 1.09. The third kappa shape index (κ3) is 1.77. The van der Waals surface area contributed by atoms with E-state index in [0.717, 1.165) is 11.1 Å². The highest BCUT2D eigenvalue weighted by Gasteiger charge is 2.06. The first kappa shape index (κ1) is 8.21. The molecule has 11 heavy (non-hydrogen) atoms. The smallest absolute Gasteiger partial charge is 0.109 e. The standard InChI is InChI=1S/C9H12FN/c1-7-4-2-3-5-8(7)9(11)6-10/h2-5,9H,6,11H2,1H3/t9-/m0/s1. The maximum Gasteiger partial charge on any atom is 0.109 e. The summed E-state index contributed by atoms with van der Waals surface area (Å²) in [5, 5.41) is 0. The van der Waals surface area contributed by atoms with Crippen LogP contribution in [0.15, 0.2) is 24.3 Å². The van der Waals surface area contributed by atoms with Gasteiger partial charge in [-0.2, -0.15) is 0 Å². The molecular formula is C9H12FN. The second kappa shape index (κ2) is 3.49. The quantitative estimate of drug-likeness (QED) is 0.690. The lowest BCUT2D eigenvalue weighted by Gasteiger charge is -2.09. The van der Waals surface area contributed by atoms with Crippen LogP contribution in [0.4, 0.5) is 4.39 Å². The highest BCUT2D eigenvalue weighted by molar-refractivity contribution is 5.28. The SMILES string of the molecule is Cc1ccccc1[C@@H](N)CF. The fraction of sp³-hybridized carbons (Fsp3) is 0.333. The minimum absolute atomic E-state index is 0.462. The summed E-state index contributed by atoms with van der Waals surface area (Å²) in [7, 11) is 0. The predicted molar refractivity (Wildman–Crippen MR) is 44.1 cm³/mol. The molecule has 0 amide bonds. The van der Waals surface area contributed by atoms with Gasteiger partial charge >= 0.3 is 0 Å². The van der Waals surface area contributed by atoms with Gasteiger partial charge in [-0.3, -0.25) is 0 Å². The summed E-state index contributed by atoms with van der Waals surface area (Å²) < 4.78 is 12.1. The van der Waals surface area contributed by atoms with Gasteiger partial charge in [0.25, 0.3) is 0 Å². The lowest BCUT2D eigenvalue weighted by atomic mass is 10.0. The van der Waals surface area contributed by atoms with Crippen LogP contribution in [0.1, 0.15) is 17.2 Å². The van der Waals surface area contributed by atoms with Gasteiger partial charge in [0.15, 0.2) is 0 Å². The van der Waals surface area contributed by atoms with Crippen LogP contribution in [-0.4, -0.2) is 6.67 Å². The van der Waals surface area contributed by atoms with Crippen molar-refractivity contribution in [3.05, 3.63) is 35.4 Å². The van der Waals surface area contributed by atoms with Crippen molar-refractivity contribution in [1.29, 1.82) is 0 Å². The van der Waals surface area contributed by atoms with E-state index in [1.54, 1.807) is 0 Å².